The molecule has 3 amide bonds. The predicted molar refractivity (Wildman–Crippen MR) is 122 cm³/mol. The summed E-state index contributed by atoms with van der Waals surface area (Å²) in [6.07, 6.45) is 0.0406. The van der Waals surface area contributed by atoms with Crippen molar-refractivity contribution in [1.82, 2.24) is 15.1 Å². The molecule has 1 saturated heterocycles. The summed E-state index contributed by atoms with van der Waals surface area (Å²) in [6.45, 7) is 5.86. The number of carbonyl (C=O) groups excluding carboxylic acids is 3. The van der Waals surface area contributed by atoms with Crippen molar-refractivity contribution in [2.45, 2.75) is 38.8 Å². The fourth-order valence-corrected chi connectivity index (χ4v) is 4.18. The number of hydrogen-bond donors (Lipinski definition) is 1. The van der Waals surface area contributed by atoms with Gasteiger partial charge in [0.25, 0.3) is 0 Å². The van der Waals surface area contributed by atoms with Gasteiger partial charge >= 0.3 is 0 Å². The molecule has 0 aliphatic carbocycles. The van der Waals surface area contributed by atoms with Gasteiger partial charge in [0.15, 0.2) is 0 Å². The molecule has 7 nitrogen and oxygen atoms in total. The predicted octanol–water partition coefficient (Wildman–Crippen LogP) is 2.70. The van der Waals surface area contributed by atoms with Gasteiger partial charge in [0.1, 0.15) is 17.1 Å². The second kappa shape index (κ2) is 10.0. The normalized spacial score (nSPS) is 16.3. The maximum atomic E-state index is 13.4. The SMILES string of the molecule is COc1ccccc1C1CN(C(=O)C(C)(C)NC(=O)Cc2ccc(F)cc2)CCN1C(C)=O. The van der Waals surface area contributed by atoms with Gasteiger partial charge in [0.05, 0.1) is 19.6 Å². The standard InChI is InChI=1S/C25H30FN3O4/c1-17(30)29-14-13-28(16-21(29)20-7-5-6-8-22(20)33-4)24(32)25(2,3)27-23(31)15-18-9-11-19(26)12-10-18/h5-12,21H,13-16H2,1-4H3,(H,27,31). The van der Waals surface area contributed by atoms with Crippen LogP contribution in [0.4, 0.5) is 4.39 Å². The van der Waals surface area contributed by atoms with Crippen LogP contribution in [0, 0.1) is 5.82 Å². The molecule has 0 aromatic heterocycles. The number of amides is 3. The minimum Gasteiger partial charge on any atom is -0.496 e. The summed E-state index contributed by atoms with van der Waals surface area (Å²) >= 11 is 0. The summed E-state index contributed by atoms with van der Waals surface area (Å²) in [7, 11) is 1.57. The van der Waals surface area contributed by atoms with Gasteiger partial charge in [-0.05, 0) is 37.6 Å². The first-order chi connectivity index (χ1) is 15.6. The van der Waals surface area contributed by atoms with Crippen molar-refractivity contribution in [2.24, 2.45) is 0 Å². The molecule has 2 aromatic carbocycles. The molecular weight excluding hydrogens is 425 g/mol. The number of rotatable bonds is 6. The lowest BCUT2D eigenvalue weighted by atomic mass is 9.97. The van der Waals surface area contributed by atoms with Crippen molar-refractivity contribution in [1.29, 1.82) is 0 Å². The Labute approximate surface area is 193 Å². The largest absolute Gasteiger partial charge is 0.496 e. The highest BCUT2D eigenvalue weighted by Crippen LogP contribution is 2.32. The van der Waals surface area contributed by atoms with Gasteiger partial charge in [0.2, 0.25) is 17.7 Å². The Bertz CT molecular complexity index is 1020. The van der Waals surface area contributed by atoms with Crippen LogP contribution in [0.3, 0.4) is 0 Å². The summed E-state index contributed by atoms with van der Waals surface area (Å²) in [5, 5.41) is 2.80. The van der Waals surface area contributed by atoms with Crippen molar-refractivity contribution in [2.75, 3.05) is 26.7 Å². The van der Waals surface area contributed by atoms with Crippen LogP contribution in [0.15, 0.2) is 48.5 Å². The van der Waals surface area contributed by atoms with Crippen molar-refractivity contribution in [3.8, 4) is 5.75 Å². The molecule has 0 spiro atoms. The van der Waals surface area contributed by atoms with Crippen LogP contribution < -0.4 is 10.1 Å². The Morgan fingerprint density at radius 2 is 1.76 bits per heavy atom. The van der Waals surface area contributed by atoms with E-state index < -0.39 is 5.54 Å². The van der Waals surface area contributed by atoms with Crippen LogP contribution in [0.5, 0.6) is 5.75 Å². The lowest BCUT2D eigenvalue weighted by Crippen LogP contribution is -2.60. The minimum absolute atomic E-state index is 0.0406. The van der Waals surface area contributed by atoms with E-state index in [9.17, 15) is 18.8 Å². The second-order valence-corrected chi connectivity index (χ2v) is 8.70. The molecule has 33 heavy (non-hydrogen) atoms. The number of nitrogens with one attached hydrogen (secondary N) is 1. The van der Waals surface area contributed by atoms with Crippen LogP contribution in [-0.2, 0) is 20.8 Å². The van der Waals surface area contributed by atoms with Crippen molar-refractivity contribution < 1.29 is 23.5 Å². The lowest BCUT2D eigenvalue weighted by molar-refractivity contribution is -0.147. The molecule has 1 atom stereocenters. The zero-order valence-electron chi connectivity index (χ0n) is 19.4. The van der Waals surface area contributed by atoms with Gasteiger partial charge in [0, 0.05) is 32.1 Å². The van der Waals surface area contributed by atoms with Gasteiger partial charge in [-0.25, -0.2) is 4.39 Å². The molecule has 8 heteroatoms. The molecule has 1 fully saturated rings. The summed E-state index contributed by atoms with van der Waals surface area (Å²) in [5.41, 5.74) is 0.329. The Hall–Kier alpha value is -3.42. The van der Waals surface area contributed by atoms with Crippen molar-refractivity contribution in [3.05, 3.63) is 65.5 Å². The first-order valence-corrected chi connectivity index (χ1v) is 10.9. The molecule has 2 aromatic rings. The zero-order chi connectivity index (χ0) is 24.2. The Morgan fingerprint density at radius 3 is 2.39 bits per heavy atom. The van der Waals surface area contributed by atoms with E-state index in [0.717, 1.165) is 5.56 Å². The number of halogens is 1. The van der Waals surface area contributed by atoms with Gasteiger partial charge < -0.3 is 19.9 Å². The number of para-hydroxylation sites is 1. The summed E-state index contributed by atoms with van der Waals surface area (Å²) in [6, 6.07) is 12.8. The highest BCUT2D eigenvalue weighted by atomic mass is 19.1. The first kappa shape index (κ1) is 24.2. The summed E-state index contributed by atoms with van der Waals surface area (Å²) in [4.78, 5) is 41.7. The molecular formula is C25H30FN3O4. The number of carbonyl (C=O) groups is 3. The van der Waals surface area contributed by atoms with Crippen LogP contribution in [0.25, 0.3) is 0 Å². The molecule has 1 heterocycles. The Kier molecular flexibility index (Phi) is 7.36. The van der Waals surface area contributed by atoms with E-state index in [4.69, 9.17) is 4.74 Å². The van der Waals surface area contributed by atoms with Crippen LogP contribution in [0.1, 0.15) is 37.9 Å². The number of hydrogen-bond acceptors (Lipinski definition) is 4. The molecule has 0 radical (unpaired) electrons. The maximum absolute atomic E-state index is 13.4. The number of benzene rings is 2. The quantitative estimate of drug-likeness (QED) is 0.727. The Balaban J connectivity index is 1.74. The maximum Gasteiger partial charge on any atom is 0.247 e. The lowest BCUT2D eigenvalue weighted by Gasteiger charge is -2.43. The van der Waals surface area contributed by atoms with Gasteiger partial charge in [-0.3, -0.25) is 14.4 Å². The minimum atomic E-state index is -1.15. The molecule has 176 valence electrons. The van der Waals surface area contributed by atoms with E-state index in [1.54, 1.807) is 42.9 Å². The number of piperazine rings is 1. The highest BCUT2D eigenvalue weighted by Gasteiger charge is 2.39. The van der Waals surface area contributed by atoms with Crippen LogP contribution >= 0.6 is 0 Å². The smallest absolute Gasteiger partial charge is 0.247 e. The molecule has 1 N–H and O–H groups in total. The fourth-order valence-electron chi connectivity index (χ4n) is 4.18. The van der Waals surface area contributed by atoms with Crippen LogP contribution in [0.2, 0.25) is 0 Å². The number of nitrogens with zero attached hydrogens (tertiary/aromatic N) is 2. The summed E-state index contributed by atoms with van der Waals surface area (Å²) in [5.74, 6) is -0.370. The molecule has 3 rings (SSSR count). The first-order valence-electron chi connectivity index (χ1n) is 10.9. The Morgan fingerprint density at radius 1 is 1.09 bits per heavy atom. The average Bonchev–Trinajstić information content (AvgIpc) is 2.79. The van der Waals surface area contributed by atoms with Gasteiger partial charge in [-0.2, -0.15) is 0 Å². The van der Waals surface area contributed by atoms with Crippen molar-refractivity contribution in [3.63, 3.8) is 0 Å². The van der Waals surface area contributed by atoms with Crippen LogP contribution in [-0.4, -0.2) is 59.8 Å². The number of methoxy groups -OCH3 is 1. The summed E-state index contributed by atoms with van der Waals surface area (Å²) < 4.78 is 18.6. The highest BCUT2D eigenvalue weighted by molar-refractivity contribution is 5.91. The molecule has 0 saturated carbocycles. The molecule has 1 aliphatic rings. The zero-order valence-corrected chi connectivity index (χ0v) is 19.4. The van der Waals surface area contributed by atoms with E-state index in [0.29, 0.717) is 24.4 Å². The third kappa shape index (κ3) is 5.69. The molecule has 1 unspecified atom stereocenters. The van der Waals surface area contributed by atoms with E-state index in [1.165, 1.54) is 19.1 Å². The molecule has 1 aliphatic heterocycles. The van der Waals surface area contributed by atoms with Gasteiger partial charge in [-0.1, -0.05) is 30.3 Å². The van der Waals surface area contributed by atoms with Crippen molar-refractivity contribution >= 4 is 17.7 Å². The number of ether oxygens (including phenoxy) is 1. The van der Waals surface area contributed by atoms with E-state index in [-0.39, 0.29) is 42.5 Å². The molecule has 0 bridgehead atoms. The third-order valence-electron chi connectivity index (χ3n) is 5.83. The fraction of sp³-hybridized carbons (Fsp3) is 0.400. The van der Waals surface area contributed by atoms with E-state index in [2.05, 4.69) is 5.32 Å². The third-order valence-corrected chi connectivity index (χ3v) is 5.83. The van der Waals surface area contributed by atoms with E-state index in [1.807, 2.05) is 24.3 Å². The second-order valence-electron chi connectivity index (χ2n) is 8.70. The average molecular weight is 456 g/mol. The van der Waals surface area contributed by atoms with Gasteiger partial charge in [-0.15, -0.1) is 0 Å². The van der Waals surface area contributed by atoms with E-state index >= 15 is 0 Å². The monoisotopic (exact) mass is 455 g/mol. The topological polar surface area (TPSA) is 79.0 Å².